The zero-order valence-corrected chi connectivity index (χ0v) is 6.41. The molecule has 0 aromatic carbocycles. The first-order valence-corrected chi connectivity index (χ1v) is 3.64. The van der Waals surface area contributed by atoms with Gasteiger partial charge in [-0.3, -0.25) is 0 Å². The zero-order valence-electron chi connectivity index (χ0n) is 6.41. The van der Waals surface area contributed by atoms with Crippen molar-refractivity contribution in [2.45, 2.75) is 0 Å². The first-order valence-electron chi connectivity index (χ1n) is 3.64. The highest BCUT2D eigenvalue weighted by Gasteiger charge is 1.93. The molecule has 0 aliphatic rings. The molecule has 2 rings (SSSR count). The molecule has 56 valence electrons. The minimum absolute atomic E-state index is 1.15. The fourth-order valence-corrected chi connectivity index (χ4v) is 1.19. The second-order valence-electron chi connectivity index (χ2n) is 2.51. The van der Waals surface area contributed by atoms with Gasteiger partial charge in [0, 0.05) is 25.0 Å². The number of hydrogen-bond donors (Lipinski definition) is 1. The molecule has 0 radical (unpaired) electrons. The summed E-state index contributed by atoms with van der Waals surface area (Å²) in [4.78, 5) is 0. The van der Waals surface area contributed by atoms with E-state index < -0.39 is 0 Å². The van der Waals surface area contributed by atoms with Gasteiger partial charge in [-0.1, -0.05) is 6.07 Å². The highest BCUT2D eigenvalue weighted by Crippen LogP contribution is 2.12. The summed E-state index contributed by atoms with van der Waals surface area (Å²) in [5.41, 5.74) is 2.37. The molecular formula is C9H10N2. The van der Waals surface area contributed by atoms with E-state index in [9.17, 15) is 0 Å². The van der Waals surface area contributed by atoms with E-state index >= 15 is 0 Å². The van der Waals surface area contributed by atoms with E-state index in [1.54, 1.807) is 0 Å². The average Bonchev–Trinajstić information content (AvgIpc) is 2.46. The van der Waals surface area contributed by atoms with Gasteiger partial charge in [-0.15, -0.1) is 0 Å². The van der Waals surface area contributed by atoms with Crippen LogP contribution in [0.1, 0.15) is 0 Å². The molecule has 0 saturated carbocycles. The van der Waals surface area contributed by atoms with Crippen LogP contribution in [0, 0.1) is 0 Å². The van der Waals surface area contributed by atoms with E-state index in [1.165, 1.54) is 5.52 Å². The third-order valence-electron chi connectivity index (χ3n) is 1.79. The Morgan fingerprint density at radius 1 is 1.36 bits per heavy atom. The summed E-state index contributed by atoms with van der Waals surface area (Å²) in [6, 6.07) is 8.25. The molecule has 2 nitrogen and oxygen atoms in total. The summed E-state index contributed by atoms with van der Waals surface area (Å²) in [6.07, 6.45) is 4.10. The van der Waals surface area contributed by atoms with E-state index in [0.717, 1.165) is 5.69 Å². The summed E-state index contributed by atoms with van der Waals surface area (Å²) in [5.74, 6) is 0. The van der Waals surface area contributed by atoms with Crippen LogP contribution >= 0.6 is 0 Å². The number of nitrogens with one attached hydrogen (secondary N) is 1. The Morgan fingerprint density at radius 3 is 3.00 bits per heavy atom. The predicted molar refractivity (Wildman–Crippen MR) is 46.9 cm³/mol. The summed E-state index contributed by atoms with van der Waals surface area (Å²) in [5, 5.41) is 3.10. The lowest BCUT2D eigenvalue weighted by Crippen LogP contribution is -1.82. The van der Waals surface area contributed by atoms with Crippen LogP contribution in [-0.4, -0.2) is 11.4 Å². The lowest BCUT2D eigenvalue weighted by molar-refractivity contribution is 1.20. The number of nitrogens with zero attached hydrogens (tertiary/aromatic N) is 1. The van der Waals surface area contributed by atoms with Crippen LogP contribution in [-0.2, 0) is 0 Å². The van der Waals surface area contributed by atoms with Crippen LogP contribution in [0.15, 0.2) is 36.7 Å². The predicted octanol–water partition coefficient (Wildman–Crippen LogP) is 1.98. The molecule has 0 aliphatic carbocycles. The van der Waals surface area contributed by atoms with Crippen molar-refractivity contribution in [3.63, 3.8) is 0 Å². The third kappa shape index (κ3) is 0.963. The van der Waals surface area contributed by atoms with Crippen LogP contribution in [0.4, 0.5) is 5.69 Å². The van der Waals surface area contributed by atoms with E-state index in [2.05, 4.69) is 28.0 Å². The molecule has 0 bridgehead atoms. The molecule has 11 heavy (non-hydrogen) atoms. The first kappa shape index (κ1) is 6.28. The fraction of sp³-hybridized carbons (Fsp3) is 0.111. The molecule has 2 heteroatoms. The summed E-state index contributed by atoms with van der Waals surface area (Å²) < 4.78 is 2.09. The maximum absolute atomic E-state index is 3.10. The molecule has 0 atom stereocenters. The SMILES string of the molecule is CNc1cc2ccccn2c1. The average molecular weight is 146 g/mol. The first-order chi connectivity index (χ1) is 5.40. The van der Waals surface area contributed by atoms with E-state index in [4.69, 9.17) is 0 Å². The maximum Gasteiger partial charge on any atom is 0.0527 e. The molecule has 2 heterocycles. The molecule has 0 spiro atoms. The van der Waals surface area contributed by atoms with Crippen molar-refractivity contribution in [3.8, 4) is 0 Å². The van der Waals surface area contributed by atoms with Gasteiger partial charge in [-0.05, 0) is 18.2 Å². The van der Waals surface area contributed by atoms with Crippen LogP contribution in [0.25, 0.3) is 5.52 Å². The minimum atomic E-state index is 1.15. The van der Waals surface area contributed by atoms with Crippen molar-refractivity contribution in [2.24, 2.45) is 0 Å². The Morgan fingerprint density at radius 2 is 2.27 bits per heavy atom. The molecule has 2 aromatic heterocycles. The molecule has 0 fully saturated rings. The zero-order chi connectivity index (χ0) is 7.68. The topological polar surface area (TPSA) is 16.4 Å². The lowest BCUT2D eigenvalue weighted by atomic mass is 10.4. The molecule has 2 aromatic rings. The van der Waals surface area contributed by atoms with Gasteiger partial charge in [0.25, 0.3) is 0 Å². The number of rotatable bonds is 1. The molecule has 0 unspecified atom stereocenters. The largest absolute Gasteiger partial charge is 0.387 e. The van der Waals surface area contributed by atoms with Gasteiger partial charge < -0.3 is 9.72 Å². The monoisotopic (exact) mass is 146 g/mol. The fourth-order valence-electron chi connectivity index (χ4n) is 1.19. The van der Waals surface area contributed by atoms with Gasteiger partial charge in [-0.25, -0.2) is 0 Å². The van der Waals surface area contributed by atoms with Crippen LogP contribution in [0.5, 0.6) is 0 Å². The summed E-state index contributed by atoms with van der Waals surface area (Å²) in [6.45, 7) is 0. The molecule has 0 saturated heterocycles. The quantitative estimate of drug-likeness (QED) is 0.650. The van der Waals surface area contributed by atoms with Crippen LogP contribution in [0.2, 0.25) is 0 Å². The van der Waals surface area contributed by atoms with Crippen LogP contribution in [0.3, 0.4) is 0 Å². The third-order valence-corrected chi connectivity index (χ3v) is 1.79. The standard InChI is InChI=1S/C9H10N2/c1-10-8-6-9-4-2-3-5-11(9)7-8/h2-7,10H,1H3. The highest BCUT2D eigenvalue weighted by molar-refractivity contribution is 5.60. The Balaban J connectivity index is 2.69. The summed E-state index contributed by atoms with van der Waals surface area (Å²) >= 11 is 0. The van der Waals surface area contributed by atoms with E-state index in [0.29, 0.717) is 0 Å². The van der Waals surface area contributed by atoms with Gasteiger partial charge in [0.1, 0.15) is 0 Å². The Kier molecular flexibility index (Phi) is 1.32. The van der Waals surface area contributed by atoms with Gasteiger partial charge >= 0.3 is 0 Å². The number of fused-ring (bicyclic) bond motifs is 1. The van der Waals surface area contributed by atoms with Crippen molar-refractivity contribution in [3.05, 3.63) is 36.7 Å². The van der Waals surface area contributed by atoms with Gasteiger partial charge in [-0.2, -0.15) is 0 Å². The second-order valence-corrected chi connectivity index (χ2v) is 2.51. The van der Waals surface area contributed by atoms with Gasteiger partial charge in [0.2, 0.25) is 0 Å². The Hall–Kier alpha value is -1.44. The van der Waals surface area contributed by atoms with Crippen molar-refractivity contribution < 1.29 is 0 Å². The number of hydrogen-bond acceptors (Lipinski definition) is 1. The Bertz CT molecular complexity index is 329. The van der Waals surface area contributed by atoms with Crippen molar-refractivity contribution >= 4 is 11.2 Å². The normalized spacial score (nSPS) is 10.3. The number of anilines is 1. The van der Waals surface area contributed by atoms with Crippen molar-refractivity contribution in [1.82, 2.24) is 4.40 Å². The lowest BCUT2D eigenvalue weighted by Gasteiger charge is -1.89. The van der Waals surface area contributed by atoms with Crippen molar-refractivity contribution in [2.75, 3.05) is 12.4 Å². The van der Waals surface area contributed by atoms with Gasteiger partial charge in [0.05, 0.1) is 5.69 Å². The maximum atomic E-state index is 3.10. The van der Waals surface area contributed by atoms with Crippen molar-refractivity contribution in [1.29, 1.82) is 0 Å². The van der Waals surface area contributed by atoms with Gasteiger partial charge in [0.15, 0.2) is 0 Å². The summed E-state index contributed by atoms with van der Waals surface area (Å²) in [7, 11) is 1.93. The number of aromatic nitrogens is 1. The van der Waals surface area contributed by atoms with E-state index in [-0.39, 0.29) is 0 Å². The second kappa shape index (κ2) is 2.31. The van der Waals surface area contributed by atoms with Crippen LogP contribution < -0.4 is 5.32 Å². The minimum Gasteiger partial charge on any atom is -0.387 e. The molecular weight excluding hydrogens is 136 g/mol. The highest BCUT2D eigenvalue weighted by atomic mass is 14.9. The molecule has 0 amide bonds. The number of pyridine rings is 1. The smallest absolute Gasteiger partial charge is 0.0527 e. The molecule has 1 N–H and O–H groups in total. The molecule has 0 aliphatic heterocycles. The van der Waals surface area contributed by atoms with E-state index in [1.807, 2.05) is 25.4 Å². The Labute approximate surface area is 65.5 Å².